The Bertz CT molecular complexity index is 364. The third kappa shape index (κ3) is 6.94. The maximum absolute atomic E-state index is 4.35. The van der Waals surface area contributed by atoms with E-state index in [4.69, 9.17) is 0 Å². The smallest absolute Gasteiger partial charge is 0.191 e. The van der Waals surface area contributed by atoms with Crippen LogP contribution in [0.15, 0.2) is 17.1 Å². The van der Waals surface area contributed by atoms with Crippen LogP contribution in [0.3, 0.4) is 0 Å². The predicted molar refractivity (Wildman–Crippen MR) is 100.0 cm³/mol. The Morgan fingerprint density at radius 2 is 1.87 bits per heavy atom. The minimum atomic E-state index is 0.575. The molecular weight excluding hydrogens is 284 g/mol. The largest absolute Gasteiger partial charge is 0.356 e. The van der Waals surface area contributed by atoms with E-state index < -0.39 is 0 Å². The van der Waals surface area contributed by atoms with E-state index in [0.29, 0.717) is 6.04 Å². The number of nitrogens with zero attached hydrogens (tertiary/aromatic N) is 2. The van der Waals surface area contributed by atoms with Gasteiger partial charge in [0.2, 0.25) is 0 Å². The summed E-state index contributed by atoms with van der Waals surface area (Å²) in [6.45, 7) is 6.83. The summed E-state index contributed by atoms with van der Waals surface area (Å²) in [5.41, 5.74) is 0. The molecule has 0 amide bonds. The predicted octanol–water partition coefficient (Wildman–Crippen LogP) is 3.16. The van der Waals surface area contributed by atoms with Crippen molar-refractivity contribution in [2.24, 2.45) is 10.9 Å². The van der Waals surface area contributed by atoms with Gasteiger partial charge < -0.3 is 15.5 Å². The van der Waals surface area contributed by atoms with E-state index in [1.807, 2.05) is 7.05 Å². The first-order valence-corrected chi connectivity index (χ1v) is 9.62. The number of allylic oxidation sites excluding steroid dienone is 1. The Kier molecular flexibility index (Phi) is 8.51. The molecule has 0 atom stereocenters. The van der Waals surface area contributed by atoms with Gasteiger partial charge in [0, 0.05) is 39.3 Å². The van der Waals surface area contributed by atoms with Crippen molar-refractivity contribution < 1.29 is 0 Å². The fourth-order valence-electron chi connectivity index (χ4n) is 3.82. The van der Waals surface area contributed by atoms with Crippen LogP contribution in [0.2, 0.25) is 0 Å². The van der Waals surface area contributed by atoms with E-state index in [-0.39, 0.29) is 0 Å². The summed E-state index contributed by atoms with van der Waals surface area (Å²) in [4.78, 5) is 7.04. The molecule has 1 heterocycles. The number of guanidine groups is 1. The molecule has 0 bridgehead atoms. The maximum atomic E-state index is 4.35. The van der Waals surface area contributed by atoms with Crippen LogP contribution >= 0.6 is 0 Å². The highest BCUT2D eigenvalue weighted by atomic mass is 15.2. The van der Waals surface area contributed by atoms with Crippen LogP contribution in [-0.2, 0) is 0 Å². The van der Waals surface area contributed by atoms with E-state index in [0.717, 1.165) is 24.8 Å². The number of aliphatic imine (C=N–C) groups is 1. The van der Waals surface area contributed by atoms with Gasteiger partial charge in [0.15, 0.2) is 5.96 Å². The molecule has 0 unspecified atom stereocenters. The third-order valence-electron chi connectivity index (χ3n) is 5.23. The van der Waals surface area contributed by atoms with Gasteiger partial charge in [-0.3, -0.25) is 4.99 Å². The lowest BCUT2D eigenvalue weighted by atomic mass is 9.88. The maximum Gasteiger partial charge on any atom is 0.191 e. The molecule has 0 aromatic heterocycles. The summed E-state index contributed by atoms with van der Waals surface area (Å²) < 4.78 is 0. The first kappa shape index (κ1) is 18.3. The highest BCUT2D eigenvalue weighted by Gasteiger charge is 2.23. The molecule has 23 heavy (non-hydrogen) atoms. The van der Waals surface area contributed by atoms with Crippen LogP contribution < -0.4 is 10.6 Å². The quantitative estimate of drug-likeness (QED) is 0.342. The molecule has 2 aliphatic rings. The number of likely N-dealkylation sites (tertiary alicyclic amines) is 1. The minimum absolute atomic E-state index is 0.575. The van der Waals surface area contributed by atoms with Gasteiger partial charge >= 0.3 is 0 Å². The van der Waals surface area contributed by atoms with E-state index in [2.05, 4.69) is 39.6 Å². The molecule has 1 aliphatic heterocycles. The fourth-order valence-corrected chi connectivity index (χ4v) is 3.82. The molecule has 132 valence electrons. The van der Waals surface area contributed by atoms with Gasteiger partial charge in [-0.1, -0.05) is 31.4 Å². The van der Waals surface area contributed by atoms with Crippen molar-refractivity contribution in [2.75, 3.05) is 33.2 Å². The number of nitrogens with one attached hydrogen (secondary N) is 2. The van der Waals surface area contributed by atoms with Crippen molar-refractivity contribution in [3.05, 3.63) is 12.2 Å². The second kappa shape index (κ2) is 10.7. The van der Waals surface area contributed by atoms with Crippen LogP contribution in [0.1, 0.15) is 58.3 Å². The topological polar surface area (TPSA) is 39.7 Å². The van der Waals surface area contributed by atoms with E-state index >= 15 is 0 Å². The minimum Gasteiger partial charge on any atom is -0.356 e. The average Bonchev–Trinajstić information content (AvgIpc) is 2.60. The molecule has 2 N–H and O–H groups in total. The Labute approximate surface area is 142 Å². The Morgan fingerprint density at radius 1 is 1.13 bits per heavy atom. The standard InChI is InChI=1S/C19H36N4/c1-3-4-8-13-21-19(20-2)22-18-11-14-23(15-12-18)16-17-9-6-5-7-10-17/h3-4,17-18H,5-16H2,1-2H3,(H2,20,21,22)/b4-3+. The normalized spacial score (nSPS) is 22.6. The number of hydrogen-bond acceptors (Lipinski definition) is 2. The molecule has 0 spiro atoms. The zero-order valence-corrected chi connectivity index (χ0v) is 15.2. The summed E-state index contributed by atoms with van der Waals surface area (Å²) in [6.07, 6.45) is 15.1. The lowest BCUT2D eigenvalue weighted by molar-refractivity contribution is 0.160. The molecule has 1 aliphatic carbocycles. The summed E-state index contributed by atoms with van der Waals surface area (Å²) in [5, 5.41) is 7.00. The SMILES string of the molecule is C/C=C/CCNC(=NC)NC1CCN(CC2CCCCC2)CC1. The second-order valence-corrected chi connectivity index (χ2v) is 7.08. The third-order valence-corrected chi connectivity index (χ3v) is 5.23. The highest BCUT2D eigenvalue weighted by Crippen LogP contribution is 2.25. The summed E-state index contributed by atoms with van der Waals surface area (Å²) in [5.74, 6) is 1.93. The Balaban J connectivity index is 1.63. The van der Waals surface area contributed by atoms with Crippen molar-refractivity contribution in [1.82, 2.24) is 15.5 Å². The summed E-state index contributed by atoms with van der Waals surface area (Å²) >= 11 is 0. The molecular formula is C19H36N4. The number of piperidine rings is 1. The van der Waals surface area contributed by atoms with Crippen LogP contribution in [0.25, 0.3) is 0 Å². The van der Waals surface area contributed by atoms with Crippen LogP contribution in [-0.4, -0.2) is 50.1 Å². The van der Waals surface area contributed by atoms with Crippen LogP contribution in [0.5, 0.6) is 0 Å². The van der Waals surface area contributed by atoms with Crippen molar-refractivity contribution in [3.8, 4) is 0 Å². The molecule has 0 radical (unpaired) electrons. The van der Waals surface area contributed by atoms with Gasteiger partial charge in [-0.05, 0) is 44.9 Å². The van der Waals surface area contributed by atoms with Gasteiger partial charge in [0.25, 0.3) is 0 Å². The first-order chi connectivity index (χ1) is 11.3. The van der Waals surface area contributed by atoms with E-state index in [1.165, 1.54) is 64.6 Å². The second-order valence-electron chi connectivity index (χ2n) is 7.08. The number of rotatable bonds is 6. The lowest BCUT2D eigenvalue weighted by Crippen LogP contribution is -2.49. The van der Waals surface area contributed by atoms with Crippen LogP contribution in [0, 0.1) is 5.92 Å². The van der Waals surface area contributed by atoms with Gasteiger partial charge in [-0.25, -0.2) is 0 Å². The molecule has 0 aromatic carbocycles. The molecule has 2 rings (SSSR count). The van der Waals surface area contributed by atoms with Crippen molar-refractivity contribution in [3.63, 3.8) is 0 Å². The number of hydrogen-bond donors (Lipinski definition) is 2. The summed E-state index contributed by atoms with van der Waals surface area (Å²) in [6, 6.07) is 0.575. The molecule has 4 nitrogen and oxygen atoms in total. The molecule has 0 aromatic rings. The van der Waals surface area contributed by atoms with Crippen LogP contribution in [0.4, 0.5) is 0 Å². The zero-order valence-electron chi connectivity index (χ0n) is 15.2. The Morgan fingerprint density at radius 3 is 2.52 bits per heavy atom. The van der Waals surface area contributed by atoms with Gasteiger partial charge in [0.05, 0.1) is 0 Å². The molecule has 4 heteroatoms. The van der Waals surface area contributed by atoms with Gasteiger partial charge in [0.1, 0.15) is 0 Å². The first-order valence-electron chi connectivity index (χ1n) is 9.62. The Hall–Kier alpha value is -1.03. The molecule has 2 fully saturated rings. The summed E-state index contributed by atoms with van der Waals surface area (Å²) in [7, 11) is 1.86. The van der Waals surface area contributed by atoms with Gasteiger partial charge in [-0.2, -0.15) is 0 Å². The zero-order chi connectivity index (χ0) is 16.3. The van der Waals surface area contributed by atoms with E-state index in [9.17, 15) is 0 Å². The molecule has 1 saturated heterocycles. The molecule has 1 saturated carbocycles. The monoisotopic (exact) mass is 320 g/mol. The van der Waals surface area contributed by atoms with Crippen molar-refractivity contribution in [2.45, 2.75) is 64.3 Å². The average molecular weight is 321 g/mol. The van der Waals surface area contributed by atoms with Crippen molar-refractivity contribution in [1.29, 1.82) is 0 Å². The highest BCUT2D eigenvalue weighted by molar-refractivity contribution is 5.79. The van der Waals surface area contributed by atoms with Gasteiger partial charge in [-0.15, -0.1) is 0 Å². The lowest BCUT2D eigenvalue weighted by Gasteiger charge is -2.36. The fraction of sp³-hybridized carbons (Fsp3) is 0.842. The van der Waals surface area contributed by atoms with Crippen molar-refractivity contribution >= 4 is 5.96 Å². The van der Waals surface area contributed by atoms with E-state index in [1.54, 1.807) is 0 Å².